The van der Waals surface area contributed by atoms with Crippen LogP contribution in [0.5, 0.6) is 0 Å². The standard InChI is InChI=1S/C28H19BrN4O3S3/c29-21-12-9-19(10-13-21)24-16-37-27(30-24)32-26(34)17-38-28-31-23-7-3-4-8-25(23)33(28)39(35,36)22-14-11-18-5-1-2-6-20(18)15-22/h1-16H,17H2,(H,30,32,34). The Morgan fingerprint density at radius 2 is 1.67 bits per heavy atom. The van der Waals surface area contributed by atoms with Gasteiger partial charge >= 0.3 is 0 Å². The van der Waals surface area contributed by atoms with Crippen LogP contribution in [0.3, 0.4) is 0 Å². The predicted molar refractivity (Wildman–Crippen MR) is 161 cm³/mol. The first kappa shape index (κ1) is 25.8. The minimum Gasteiger partial charge on any atom is -0.301 e. The second kappa shape index (κ2) is 10.6. The molecule has 39 heavy (non-hydrogen) atoms. The number of imidazole rings is 1. The summed E-state index contributed by atoms with van der Waals surface area (Å²) in [5.74, 6) is -0.345. The molecular weight excluding hydrogens is 616 g/mol. The maximum absolute atomic E-state index is 13.9. The summed E-state index contributed by atoms with van der Waals surface area (Å²) in [6.45, 7) is 0. The van der Waals surface area contributed by atoms with Crippen LogP contribution in [-0.4, -0.2) is 34.0 Å². The number of carbonyl (C=O) groups excluding carboxylic acids is 1. The van der Waals surface area contributed by atoms with Crippen molar-refractivity contribution in [2.24, 2.45) is 0 Å². The first-order valence-electron chi connectivity index (χ1n) is 11.7. The normalized spacial score (nSPS) is 11.7. The quantitative estimate of drug-likeness (QED) is 0.189. The van der Waals surface area contributed by atoms with Gasteiger partial charge in [0.1, 0.15) is 0 Å². The van der Waals surface area contributed by atoms with Crippen molar-refractivity contribution in [2.75, 3.05) is 11.1 Å². The number of halogens is 1. The van der Waals surface area contributed by atoms with Gasteiger partial charge in [-0.05, 0) is 47.2 Å². The van der Waals surface area contributed by atoms with Gasteiger partial charge in [0.15, 0.2) is 10.3 Å². The summed E-state index contributed by atoms with van der Waals surface area (Å²) in [6, 6.07) is 27.4. The van der Waals surface area contributed by atoms with E-state index in [1.54, 1.807) is 42.5 Å². The topological polar surface area (TPSA) is 94.0 Å². The first-order chi connectivity index (χ1) is 18.9. The molecule has 4 aromatic carbocycles. The zero-order valence-corrected chi connectivity index (χ0v) is 24.1. The fraction of sp³-hybridized carbons (Fsp3) is 0.0357. The highest BCUT2D eigenvalue weighted by Crippen LogP contribution is 2.31. The van der Waals surface area contributed by atoms with E-state index in [0.29, 0.717) is 16.2 Å². The number of amides is 1. The number of thioether (sulfide) groups is 1. The number of anilines is 1. The molecule has 11 heteroatoms. The van der Waals surface area contributed by atoms with Crippen molar-refractivity contribution >= 4 is 81.9 Å². The lowest BCUT2D eigenvalue weighted by atomic mass is 10.1. The summed E-state index contributed by atoms with van der Waals surface area (Å²) < 4.78 is 29.9. The van der Waals surface area contributed by atoms with Gasteiger partial charge in [-0.3, -0.25) is 4.79 Å². The summed E-state index contributed by atoms with van der Waals surface area (Å²) in [5.41, 5.74) is 2.69. The molecule has 0 unspecified atom stereocenters. The van der Waals surface area contributed by atoms with Gasteiger partial charge in [-0.1, -0.05) is 82.3 Å². The molecule has 0 spiro atoms. The molecule has 6 rings (SSSR count). The van der Waals surface area contributed by atoms with Crippen molar-refractivity contribution in [3.8, 4) is 11.3 Å². The molecule has 194 valence electrons. The summed E-state index contributed by atoms with van der Waals surface area (Å²) >= 11 is 5.81. The molecule has 0 aliphatic heterocycles. The SMILES string of the molecule is O=C(CSc1nc2ccccc2n1S(=O)(=O)c1ccc2ccccc2c1)Nc1nc(-c2ccc(Br)cc2)cs1. The number of benzene rings is 4. The lowest BCUT2D eigenvalue weighted by molar-refractivity contribution is -0.113. The van der Waals surface area contributed by atoms with Gasteiger partial charge in [-0.15, -0.1) is 11.3 Å². The van der Waals surface area contributed by atoms with Crippen LogP contribution in [0.1, 0.15) is 0 Å². The van der Waals surface area contributed by atoms with Crippen molar-refractivity contribution < 1.29 is 13.2 Å². The number of carbonyl (C=O) groups is 1. The van der Waals surface area contributed by atoms with E-state index in [0.717, 1.165) is 38.3 Å². The Morgan fingerprint density at radius 3 is 2.49 bits per heavy atom. The molecule has 0 saturated heterocycles. The molecule has 0 fully saturated rings. The number of aromatic nitrogens is 3. The predicted octanol–water partition coefficient (Wildman–Crippen LogP) is 7.04. The molecule has 0 aliphatic carbocycles. The van der Waals surface area contributed by atoms with Crippen molar-refractivity contribution in [1.29, 1.82) is 0 Å². The van der Waals surface area contributed by atoms with E-state index in [4.69, 9.17) is 0 Å². The number of rotatable bonds is 7. The van der Waals surface area contributed by atoms with Crippen molar-refractivity contribution in [2.45, 2.75) is 10.1 Å². The van der Waals surface area contributed by atoms with E-state index < -0.39 is 10.0 Å². The Balaban J connectivity index is 1.25. The highest BCUT2D eigenvalue weighted by atomic mass is 79.9. The summed E-state index contributed by atoms with van der Waals surface area (Å²) in [6.07, 6.45) is 0. The molecule has 0 radical (unpaired) electrons. The largest absolute Gasteiger partial charge is 0.301 e. The van der Waals surface area contributed by atoms with Crippen LogP contribution < -0.4 is 5.32 Å². The average Bonchev–Trinajstić information content (AvgIpc) is 3.57. The number of hydrogen-bond donors (Lipinski definition) is 1. The smallest absolute Gasteiger partial charge is 0.270 e. The molecule has 1 N–H and O–H groups in total. The van der Waals surface area contributed by atoms with E-state index in [-0.39, 0.29) is 21.7 Å². The van der Waals surface area contributed by atoms with Crippen LogP contribution in [0, 0.1) is 0 Å². The molecule has 0 saturated carbocycles. The Bertz CT molecular complexity index is 1950. The van der Waals surface area contributed by atoms with Gasteiger partial charge in [0.2, 0.25) is 5.91 Å². The van der Waals surface area contributed by atoms with E-state index in [1.807, 2.05) is 53.9 Å². The monoisotopic (exact) mass is 634 g/mol. The molecule has 0 atom stereocenters. The van der Waals surface area contributed by atoms with Gasteiger partial charge in [-0.2, -0.15) is 0 Å². The Morgan fingerprint density at radius 1 is 0.923 bits per heavy atom. The average molecular weight is 636 g/mol. The van der Waals surface area contributed by atoms with Crippen LogP contribution >= 0.6 is 39.0 Å². The Kier molecular flexibility index (Phi) is 6.98. The molecule has 2 heterocycles. The number of fused-ring (bicyclic) bond motifs is 2. The van der Waals surface area contributed by atoms with Crippen LogP contribution in [-0.2, 0) is 14.8 Å². The van der Waals surface area contributed by atoms with Gasteiger partial charge in [0.05, 0.1) is 27.4 Å². The third kappa shape index (κ3) is 5.22. The minimum absolute atomic E-state index is 0.0379. The molecule has 0 aliphatic rings. The lowest BCUT2D eigenvalue weighted by Gasteiger charge is -2.11. The zero-order valence-electron chi connectivity index (χ0n) is 20.1. The van der Waals surface area contributed by atoms with Gasteiger partial charge in [0.25, 0.3) is 10.0 Å². The fourth-order valence-corrected chi connectivity index (χ4v) is 7.66. The summed E-state index contributed by atoms with van der Waals surface area (Å²) in [4.78, 5) is 22.0. The first-order valence-corrected chi connectivity index (χ1v) is 15.8. The van der Waals surface area contributed by atoms with E-state index in [2.05, 4.69) is 31.2 Å². The summed E-state index contributed by atoms with van der Waals surface area (Å²) in [7, 11) is -3.99. The fourth-order valence-electron chi connectivity index (χ4n) is 4.11. The van der Waals surface area contributed by atoms with Crippen LogP contribution in [0.2, 0.25) is 0 Å². The highest BCUT2D eigenvalue weighted by Gasteiger charge is 2.25. The lowest BCUT2D eigenvalue weighted by Crippen LogP contribution is -2.17. The highest BCUT2D eigenvalue weighted by molar-refractivity contribution is 9.10. The van der Waals surface area contributed by atoms with Crippen molar-refractivity contribution in [3.63, 3.8) is 0 Å². The molecule has 2 aromatic heterocycles. The maximum atomic E-state index is 13.9. The van der Waals surface area contributed by atoms with E-state index in [1.165, 1.54) is 15.3 Å². The number of nitrogens with zero attached hydrogens (tertiary/aromatic N) is 3. The number of nitrogens with one attached hydrogen (secondary N) is 1. The number of para-hydroxylation sites is 2. The third-order valence-electron chi connectivity index (χ3n) is 5.97. The molecular formula is C28H19BrN4O3S3. The molecule has 7 nitrogen and oxygen atoms in total. The van der Waals surface area contributed by atoms with Crippen LogP contribution in [0.15, 0.2) is 111 Å². The minimum atomic E-state index is -3.99. The Hall–Kier alpha value is -3.51. The van der Waals surface area contributed by atoms with Gasteiger partial charge in [-0.25, -0.2) is 22.4 Å². The second-order valence-corrected chi connectivity index (χ2v) is 13.0. The van der Waals surface area contributed by atoms with Gasteiger partial charge in [0, 0.05) is 15.4 Å². The summed E-state index contributed by atoms with van der Waals surface area (Å²) in [5, 5.41) is 7.14. The number of hydrogen-bond acceptors (Lipinski definition) is 7. The van der Waals surface area contributed by atoms with E-state index in [9.17, 15) is 13.2 Å². The second-order valence-electron chi connectivity index (χ2n) is 8.54. The zero-order chi connectivity index (χ0) is 27.0. The Labute approximate surface area is 241 Å². The van der Waals surface area contributed by atoms with Crippen LogP contribution in [0.25, 0.3) is 33.1 Å². The number of thiazole rings is 1. The molecule has 0 bridgehead atoms. The van der Waals surface area contributed by atoms with Crippen molar-refractivity contribution in [3.05, 3.63) is 101 Å². The van der Waals surface area contributed by atoms with Crippen LogP contribution in [0.4, 0.5) is 5.13 Å². The van der Waals surface area contributed by atoms with Gasteiger partial charge < -0.3 is 5.32 Å². The maximum Gasteiger partial charge on any atom is 0.270 e. The molecule has 6 aromatic rings. The molecule has 1 amide bonds. The van der Waals surface area contributed by atoms with Crippen molar-refractivity contribution in [1.82, 2.24) is 13.9 Å². The van der Waals surface area contributed by atoms with E-state index >= 15 is 0 Å². The third-order valence-corrected chi connectivity index (χ3v) is 10.0.